The van der Waals surface area contributed by atoms with E-state index in [-0.39, 0.29) is 0 Å². The molecule has 2 aromatic carbocycles. The van der Waals surface area contributed by atoms with Gasteiger partial charge in [0.2, 0.25) is 0 Å². The van der Waals surface area contributed by atoms with Crippen molar-refractivity contribution in [2.45, 2.75) is 6.42 Å². The Kier molecular flexibility index (Phi) is 3.19. The summed E-state index contributed by atoms with van der Waals surface area (Å²) in [7, 11) is 6.03. The highest BCUT2D eigenvalue weighted by molar-refractivity contribution is 6.05. The van der Waals surface area contributed by atoms with Crippen molar-refractivity contribution < 1.29 is 0 Å². The minimum atomic E-state index is -0.956. The van der Waals surface area contributed by atoms with Crippen molar-refractivity contribution in [1.29, 1.82) is 10.5 Å². The number of nitrogens with zero attached hydrogens (tertiary/aromatic N) is 4. The van der Waals surface area contributed by atoms with Crippen LogP contribution in [0.4, 0.5) is 11.4 Å². The van der Waals surface area contributed by atoms with Gasteiger partial charge in [-0.05, 0) is 17.0 Å². The van der Waals surface area contributed by atoms with Crippen LogP contribution < -0.4 is 9.80 Å². The molecule has 3 rings (SSSR count). The van der Waals surface area contributed by atoms with Gasteiger partial charge in [-0.1, -0.05) is 24.3 Å². The molecule has 1 aliphatic rings. The SMILES string of the molecule is CN(C)c1cccc2ccc3c(c12)N(C)CC(C#N)(C#N)C3. The van der Waals surface area contributed by atoms with Gasteiger partial charge in [0.25, 0.3) is 0 Å². The van der Waals surface area contributed by atoms with Crippen molar-refractivity contribution >= 4 is 22.1 Å². The lowest BCUT2D eigenvalue weighted by Gasteiger charge is -2.36. The number of nitriles is 2. The molecule has 4 nitrogen and oxygen atoms in total. The lowest BCUT2D eigenvalue weighted by Crippen LogP contribution is -2.40. The van der Waals surface area contributed by atoms with Crippen molar-refractivity contribution in [2.24, 2.45) is 5.41 Å². The van der Waals surface area contributed by atoms with E-state index in [0.29, 0.717) is 13.0 Å². The van der Waals surface area contributed by atoms with Crippen LogP contribution in [-0.2, 0) is 6.42 Å². The van der Waals surface area contributed by atoms with Gasteiger partial charge in [0.1, 0.15) is 0 Å². The van der Waals surface area contributed by atoms with Gasteiger partial charge < -0.3 is 9.80 Å². The van der Waals surface area contributed by atoms with Crippen molar-refractivity contribution in [1.82, 2.24) is 0 Å². The third-order valence-corrected chi connectivity index (χ3v) is 4.37. The fraction of sp³-hybridized carbons (Fsp3) is 0.333. The molecular weight excluding hydrogens is 272 g/mol. The quantitative estimate of drug-likeness (QED) is 0.810. The molecule has 110 valence electrons. The molecule has 0 radical (unpaired) electrons. The van der Waals surface area contributed by atoms with Gasteiger partial charge in [-0.3, -0.25) is 0 Å². The Morgan fingerprint density at radius 3 is 2.50 bits per heavy atom. The summed E-state index contributed by atoms with van der Waals surface area (Å²) in [6, 6.07) is 14.8. The first-order valence-corrected chi connectivity index (χ1v) is 7.27. The molecule has 0 bridgehead atoms. The molecule has 0 aliphatic carbocycles. The second kappa shape index (κ2) is 4.93. The van der Waals surface area contributed by atoms with E-state index in [2.05, 4.69) is 52.3 Å². The first kappa shape index (κ1) is 14.2. The van der Waals surface area contributed by atoms with Gasteiger partial charge in [0.05, 0.1) is 12.1 Å². The number of hydrogen-bond acceptors (Lipinski definition) is 4. The number of anilines is 2. The zero-order valence-corrected chi connectivity index (χ0v) is 13.1. The summed E-state index contributed by atoms with van der Waals surface area (Å²) in [5.41, 5.74) is 2.41. The standard InChI is InChI=1S/C18H18N4/c1-21(2)15-6-4-5-13-7-8-14-9-18(10-19,11-20)12-22(3)17(14)16(13)15/h4-8H,9,12H2,1-3H3. The van der Waals surface area contributed by atoms with Crippen LogP contribution in [0.15, 0.2) is 30.3 Å². The largest absolute Gasteiger partial charge is 0.377 e. The molecule has 22 heavy (non-hydrogen) atoms. The summed E-state index contributed by atoms with van der Waals surface area (Å²) in [5, 5.41) is 21.2. The van der Waals surface area contributed by atoms with Gasteiger partial charge in [-0.2, -0.15) is 10.5 Å². The molecule has 1 heterocycles. The lowest BCUT2D eigenvalue weighted by molar-refractivity contribution is 0.498. The Labute approximate surface area is 130 Å². The van der Waals surface area contributed by atoms with E-state index in [1.807, 2.05) is 21.1 Å². The monoisotopic (exact) mass is 290 g/mol. The molecule has 0 atom stereocenters. The molecule has 0 aromatic heterocycles. The number of hydrogen-bond donors (Lipinski definition) is 0. The Balaban J connectivity index is 2.31. The first-order chi connectivity index (χ1) is 10.5. The maximum atomic E-state index is 9.43. The molecule has 0 unspecified atom stereocenters. The summed E-state index contributed by atoms with van der Waals surface area (Å²) in [5.74, 6) is 0. The van der Waals surface area contributed by atoms with E-state index in [1.165, 1.54) is 10.8 Å². The average molecular weight is 290 g/mol. The van der Waals surface area contributed by atoms with Crippen LogP contribution in [0.3, 0.4) is 0 Å². The summed E-state index contributed by atoms with van der Waals surface area (Å²) in [6.07, 6.45) is 0.484. The summed E-state index contributed by atoms with van der Waals surface area (Å²) in [6.45, 7) is 0.438. The highest BCUT2D eigenvalue weighted by Crippen LogP contribution is 2.43. The predicted octanol–water partition coefficient (Wildman–Crippen LogP) is 2.93. The maximum absolute atomic E-state index is 9.43. The topological polar surface area (TPSA) is 54.1 Å². The van der Waals surface area contributed by atoms with E-state index in [0.717, 1.165) is 16.9 Å². The molecule has 1 aliphatic heterocycles. The highest BCUT2D eigenvalue weighted by Gasteiger charge is 2.38. The zero-order chi connectivity index (χ0) is 15.9. The zero-order valence-electron chi connectivity index (χ0n) is 13.1. The minimum absolute atomic E-state index is 0.438. The van der Waals surface area contributed by atoms with E-state index < -0.39 is 5.41 Å². The lowest BCUT2D eigenvalue weighted by atomic mass is 9.79. The van der Waals surface area contributed by atoms with Gasteiger partial charge in [0.15, 0.2) is 5.41 Å². The van der Waals surface area contributed by atoms with Gasteiger partial charge in [0, 0.05) is 50.9 Å². The molecule has 0 spiro atoms. The van der Waals surface area contributed by atoms with E-state index >= 15 is 0 Å². The summed E-state index contributed by atoms with van der Waals surface area (Å²) in [4.78, 5) is 4.16. The van der Waals surface area contributed by atoms with Crippen LogP contribution in [0.25, 0.3) is 10.8 Å². The number of rotatable bonds is 1. The van der Waals surface area contributed by atoms with Gasteiger partial charge in [-0.15, -0.1) is 0 Å². The normalized spacial score (nSPS) is 15.8. The molecule has 4 heteroatoms. The van der Waals surface area contributed by atoms with Crippen LogP contribution in [0.2, 0.25) is 0 Å². The van der Waals surface area contributed by atoms with Gasteiger partial charge in [-0.25, -0.2) is 0 Å². The molecule has 0 fully saturated rings. The fourth-order valence-corrected chi connectivity index (χ4v) is 3.38. The fourth-order valence-electron chi connectivity index (χ4n) is 3.38. The Hall–Kier alpha value is -2.72. The first-order valence-electron chi connectivity index (χ1n) is 7.27. The van der Waals surface area contributed by atoms with Crippen LogP contribution in [-0.4, -0.2) is 27.7 Å². The maximum Gasteiger partial charge on any atom is 0.165 e. The Bertz CT molecular complexity index is 809. The summed E-state index contributed by atoms with van der Waals surface area (Å²) < 4.78 is 0. The molecular formula is C18H18N4. The molecule has 0 saturated heterocycles. The van der Waals surface area contributed by atoms with Crippen molar-refractivity contribution in [3.05, 3.63) is 35.9 Å². The van der Waals surface area contributed by atoms with E-state index in [4.69, 9.17) is 0 Å². The van der Waals surface area contributed by atoms with E-state index in [9.17, 15) is 10.5 Å². The predicted molar refractivity (Wildman–Crippen MR) is 88.9 cm³/mol. The number of fused-ring (bicyclic) bond motifs is 3. The van der Waals surface area contributed by atoms with Crippen molar-refractivity contribution in [2.75, 3.05) is 37.5 Å². The van der Waals surface area contributed by atoms with Crippen LogP contribution >= 0.6 is 0 Å². The minimum Gasteiger partial charge on any atom is -0.377 e. The van der Waals surface area contributed by atoms with Crippen LogP contribution in [0, 0.1) is 28.1 Å². The molecule has 2 aromatic rings. The molecule has 0 saturated carbocycles. The Morgan fingerprint density at radius 1 is 1.14 bits per heavy atom. The van der Waals surface area contributed by atoms with Crippen LogP contribution in [0.1, 0.15) is 5.56 Å². The smallest absolute Gasteiger partial charge is 0.165 e. The molecule has 0 N–H and O–H groups in total. The van der Waals surface area contributed by atoms with Crippen molar-refractivity contribution in [3.8, 4) is 12.1 Å². The third-order valence-electron chi connectivity index (χ3n) is 4.37. The van der Waals surface area contributed by atoms with Crippen LogP contribution in [0.5, 0.6) is 0 Å². The van der Waals surface area contributed by atoms with E-state index in [1.54, 1.807) is 0 Å². The third kappa shape index (κ3) is 1.96. The average Bonchev–Trinajstić information content (AvgIpc) is 2.53. The Morgan fingerprint density at radius 2 is 1.86 bits per heavy atom. The highest BCUT2D eigenvalue weighted by atomic mass is 15.1. The van der Waals surface area contributed by atoms with Gasteiger partial charge >= 0.3 is 0 Å². The summed E-state index contributed by atoms with van der Waals surface area (Å²) >= 11 is 0. The molecule has 0 amide bonds. The second-order valence-corrected chi connectivity index (χ2v) is 6.18. The van der Waals surface area contributed by atoms with Crippen molar-refractivity contribution in [3.63, 3.8) is 0 Å². The number of benzene rings is 2. The second-order valence-electron chi connectivity index (χ2n) is 6.18.